The molecular formula is C33H60N2O2. The van der Waals surface area contributed by atoms with Crippen LogP contribution in [-0.4, -0.2) is 38.1 Å². The number of amides is 1. The number of para-hydroxylation sites is 1. The highest BCUT2D eigenvalue weighted by Gasteiger charge is 2.18. The number of carbonyl (C=O) groups is 1. The molecule has 0 radical (unpaired) electrons. The van der Waals surface area contributed by atoms with Gasteiger partial charge in [-0.25, -0.2) is 0 Å². The maximum atomic E-state index is 11.8. The third-order valence-corrected chi connectivity index (χ3v) is 7.47. The lowest BCUT2D eigenvalue weighted by molar-refractivity contribution is -0.118. The number of nitrogens with two attached hydrogens (primary N) is 1. The van der Waals surface area contributed by atoms with E-state index in [1.165, 1.54) is 96.3 Å². The average Bonchev–Trinajstić information content (AvgIpc) is 2.87. The van der Waals surface area contributed by atoms with Gasteiger partial charge in [-0.15, -0.1) is 0 Å². The van der Waals surface area contributed by atoms with Crippen LogP contribution in [0.4, 0.5) is 0 Å². The van der Waals surface area contributed by atoms with E-state index in [4.69, 9.17) is 10.5 Å². The fraction of sp³-hybridized carbons (Fsp3) is 0.788. The lowest BCUT2D eigenvalue weighted by Crippen LogP contribution is -2.16. The van der Waals surface area contributed by atoms with E-state index in [-0.39, 0.29) is 11.8 Å². The molecule has 214 valence electrons. The number of nitrogens with zero attached hydrogens (tertiary/aromatic N) is 1. The van der Waals surface area contributed by atoms with E-state index in [0.29, 0.717) is 13.0 Å². The van der Waals surface area contributed by atoms with E-state index < -0.39 is 0 Å². The second kappa shape index (κ2) is 23.6. The van der Waals surface area contributed by atoms with Crippen LogP contribution in [0.5, 0.6) is 5.75 Å². The van der Waals surface area contributed by atoms with Gasteiger partial charge >= 0.3 is 0 Å². The zero-order valence-corrected chi connectivity index (χ0v) is 24.8. The number of unbranched alkanes of at least 4 members (excludes halogenated alkanes) is 16. The summed E-state index contributed by atoms with van der Waals surface area (Å²) in [5, 5.41) is 0. The monoisotopic (exact) mass is 516 g/mol. The maximum absolute atomic E-state index is 11.8. The Kier molecular flexibility index (Phi) is 21.3. The minimum absolute atomic E-state index is 0.155. The molecule has 0 aromatic heterocycles. The zero-order chi connectivity index (χ0) is 27.0. The Bertz CT molecular complexity index is 661. The molecular weight excluding hydrogens is 456 g/mol. The van der Waals surface area contributed by atoms with E-state index in [1.807, 2.05) is 12.1 Å². The Morgan fingerprint density at radius 1 is 0.757 bits per heavy atom. The molecule has 2 N–H and O–H groups in total. The largest absolute Gasteiger partial charge is 0.493 e. The summed E-state index contributed by atoms with van der Waals surface area (Å²) in [5.74, 6) is 0.861. The molecule has 37 heavy (non-hydrogen) atoms. The molecule has 4 heteroatoms. The summed E-state index contributed by atoms with van der Waals surface area (Å²) in [6, 6.07) is 8.24. The van der Waals surface area contributed by atoms with Crippen molar-refractivity contribution < 1.29 is 9.53 Å². The van der Waals surface area contributed by atoms with Crippen LogP contribution >= 0.6 is 0 Å². The zero-order valence-electron chi connectivity index (χ0n) is 24.8. The van der Waals surface area contributed by atoms with Crippen molar-refractivity contribution >= 4 is 5.91 Å². The van der Waals surface area contributed by atoms with Crippen molar-refractivity contribution in [1.82, 2.24) is 4.90 Å². The molecule has 1 rings (SSSR count). The molecule has 1 atom stereocenters. The molecule has 0 saturated carbocycles. The normalized spacial score (nSPS) is 12.2. The molecule has 0 saturated heterocycles. The summed E-state index contributed by atoms with van der Waals surface area (Å²) < 4.78 is 6.14. The SMILES string of the molecule is CCCCCCCCCCCCCCCCCCC(CC(N)=O)c1ccccc1OCCCCN(C)C. The highest BCUT2D eigenvalue weighted by Crippen LogP contribution is 2.33. The van der Waals surface area contributed by atoms with Gasteiger partial charge < -0.3 is 15.4 Å². The van der Waals surface area contributed by atoms with Gasteiger partial charge in [0.05, 0.1) is 6.61 Å². The molecule has 0 fully saturated rings. The fourth-order valence-electron chi connectivity index (χ4n) is 5.21. The molecule has 4 nitrogen and oxygen atoms in total. The lowest BCUT2D eigenvalue weighted by atomic mass is 9.89. The Labute approximate surface area is 230 Å². The number of rotatable bonds is 26. The minimum atomic E-state index is -0.220. The van der Waals surface area contributed by atoms with Crippen molar-refractivity contribution in [2.75, 3.05) is 27.2 Å². The molecule has 0 spiro atoms. The minimum Gasteiger partial charge on any atom is -0.493 e. The standard InChI is InChI=1S/C33H60N2O2/c1-4-5-6-7-8-9-10-11-12-13-14-15-16-17-18-19-24-30(29-33(34)36)31-25-20-21-26-32(31)37-28-23-22-27-35(2)3/h20-21,25-26,30H,4-19,22-24,27-29H2,1-3H3,(H2,34,36). The predicted octanol–water partition coefficient (Wildman–Crippen LogP) is 9.02. The van der Waals surface area contributed by atoms with Crippen molar-refractivity contribution in [2.45, 2.75) is 141 Å². The van der Waals surface area contributed by atoms with Crippen LogP contribution in [0.25, 0.3) is 0 Å². The molecule has 0 bridgehead atoms. The third-order valence-electron chi connectivity index (χ3n) is 7.47. The Balaban J connectivity index is 2.19. The first kappa shape index (κ1) is 33.5. The van der Waals surface area contributed by atoms with Crippen molar-refractivity contribution in [3.63, 3.8) is 0 Å². The van der Waals surface area contributed by atoms with E-state index >= 15 is 0 Å². The summed E-state index contributed by atoms with van der Waals surface area (Å²) in [4.78, 5) is 14.0. The van der Waals surface area contributed by atoms with Crippen molar-refractivity contribution in [3.8, 4) is 5.75 Å². The number of benzene rings is 1. The number of carbonyl (C=O) groups excluding carboxylic acids is 1. The van der Waals surface area contributed by atoms with Crippen molar-refractivity contribution in [3.05, 3.63) is 29.8 Å². The summed E-state index contributed by atoms with van der Waals surface area (Å²) >= 11 is 0. The van der Waals surface area contributed by atoms with Gasteiger partial charge in [0, 0.05) is 6.42 Å². The summed E-state index contributed by atoms with van der Waals surface area (Å²) in [6.45, 7) is 4.08. The predicted molar refractivity (Wildman–Crippen MR) is 160 cm³/mol. The summed E-state index contributed by atoms with van der Waals surface area (Å²) in [5.41, 5.74) is 6.77. The number of ether oxygens (including phenoxy) is 1. The van der Waals surface area contributed by atoms with Crippen molar-refractivity contribution in [2.24, 2.45) is 5.73 Å². The fourth-order valence-corrected chi connectivity index (χ4v) is 5.21. The van der Waals surface area contributed by atoms with Gasteiger partial charge in [-0.3, -0.25) is 4.79 Å². The highest BCUT2D eigenvalue weighted by atomic mass is 16.5. The molecule has 0 aliphatic rings. The molecule has 0 heterocycles. The van der Waals surface area contributed by atoms with Gasteiger partial charge in [0.15, 0.2) is 0 Å². The van der Waals surface area contributed by atoms with Crippen LogP contribution in [-0.2, 0) is 4.79 Å². The van der Waals surface area contributed by atoms with Crippen LogP contribution in [0.2, 0.25) is 0 Å². The van der Waals surface area contributed by atoms with Crippen LogP contribution in [0.15, 0.2) is 24.3 Å². The second-order valence-corrected chi connectivity index (χ2v) is 11.4. The Morgan fingerprint density at radius 2 is 1.27 bits per heavy atom. The van der Waals surface area contributed by atoms with E-state index in [1.54, 1.807) is 0 Å². The van der Waals surface area contributed by atoms with Crippen LogP contribution < -0.4 is 10.5 Å². The van der Waals surface area contributed by atoms with Crippen LogP contribution in [0, 0.1) is 0 Å². The van der Waals surface area contributed by atoms with Crippen LogP contribution in [0.3, 0.4) is 0 Å². The van der Waals surface area contributed by atoms with E-state index in [2.05, 4.69) is 38.1 Å². The quantitative estimate of drug-likeness (QED) is 0.125. The Morgan fingerprint density at radius 3 is 1.78 bits per heavy atom. The summed E-state index contributed by atoms with van der Waals surface area (Å²) in [6.07, 6.45) is 25.5. The van der Waals surface area contributed by atoms with Gasteiger partial charge in [0.1, 0.15) is 5.75 Å². The first-order valence-electron chi connectivity index (χ1n) is 15.7. The molecule has 1 aromatic carbocycles. The smallest absolute Gasteiger partial charge is 0.218 e. The summed E-state index contributed by atoms with van der Waals surface area (Å²) in [7, 11) is 4.20. The molecule has 1 amide bonds. The number of hydrogen-bond donors (Lipinski definition) is 1. The first-order chi connectivity index (χ1) is 18.0. The van der Waals surface area contributed by atoms with Gasteiger partial charge in [0.25, 0.3) is 0 Å². The van der Waals surface area contributed by atoms with Gasteiger partial charge in [0.2, 0.25) is 5.91 Å². The van der Waals surface area contributed by atoms with Crippen LogP contribution in [0.1, 0.15) is 147 Å². The topological polar surface area (TPSA) is 55.6 Å². The van der Waals surface area contributed by atoms with Gasteiger partial charge in [-0.05, 0) is 57.5 Å². The molecule has 0 aliphatic carbocycles. The Hall–Kier alpha value is -1.55. The van der Waals surface area contributed by atoms with E-state index in [0.717, 1.165) is 43.5 Å². The van der Waals surface area contributed by atoms with Crippen molar-refractivity contribution in [1.29, 1.82) is 0 Å². The van der Waals surface area contributed by atoms with E-state index in [9.17, 15) is 4.79 Å². The number of hydrogen-bond acceptors (Lipinski definition) is 3. The highest BCUT2D eigenvalue weighted by molar-refractivity contribution is 5.75. The van der Waals surface area contributed by atoms with Gasteiger partial charge in [-0.1, -0.05) is 128 Å². The third kappa shape index (κ3) is 19.2. The molecule has 1 unspecified atom stereocenters. The second-order valence-electron chi connectivity index (χ2n) is 11.4. The molecule has 0 aliphatic heterocycles. The maximum Gasteiger partial charge on any atom is 0.218 e. The van der Waals surface area contributed by atoms with Gasteiger partial charge in [-0.2, -0.15) is 0 Å². The number of primary amides is 1. The average molecular weight is 517 g/mol. The molecule has 1 aromatic rings. The lowest BCUT2D eigenvalue weighted by Gasteiger charge is -2.20. The first-order valence-corrected chi connectivity index (χ1v) is 15.7.